The number of carbonyl (C=O) groups excluding carboxylic acids is 1. The van der Waals surface area contributed by atoms with E-state index >= 15 is 0 Å². The average molecular weight is 340 g/mol. The van der Waals surface area contributed by atoms with Crippen molar-refractivity contribution in [2.45, 2.75) is 25.7 Å². The molecule has 4 rings (SSSR count). The highest BCUT2D eigenvalue weighted by atomic mass is 16.2. The van der Waals surface area contributed by atoms with Crippen molar-refractivity contribution in [1.29, 1.82) is 0 Å². The van der Waals surface area contributed by atoms with Crippen LogP contribution in [0.5, 0.6) is 0 Å². The van der Waals surface area contributed by atoms with Gasteiger partial charge in [0.15, 0.2) is 5.82 Å². The van der Waals surface area contributed by atoms with E-state index < -0.39 is 0 Å². The van der Waals surface area contributed by atoms with Crippen molar-refractivity contribution in [3.05, 3.63) is 29.8 Å². The quantitative estimate of drug-likeness (QED) is 0.740. The standard InChI is InChI=1S/C16H20N8O/c1-10-17-15(20-19-10)11-5-4-8-24(9-11)16(25)18-12-6-3-7-13-14(12)22-23(2)21-13/h3,6-7,11H,4-5,8-9H2,1-2H3,(H,18,25)(H,17,19,20)/t11-/m1/s1. The van der Waals surface area contributed by atoms with Crippen LogP contribution in [0.3, 0.4) is 0 Å². The highest BCUT2D eigenvalue weighted by molar-refractivity contribution is 5.98. The monoisotopic (exact) mass is 340 g/mol. The van der Waals surface area contributed by atoms with Gasteiger partial charge in [0.05, 0.1) is 5.69 Å². The summed E-state index contributed by atoms with van der Waals surface area (Å²) < 4.78 is 0. The van der Waals surface area contributed by atoms with E-state index in [1.165, 1.54) is 4.80 Å². The minimum Gasteiger partial charge on any atom is -0.324 e. The van der Waals surface area contributed by atoms with Crippen LogP contribution < -0.4 is 5.32 Å². The number of aromatic amines is 1. The molecule has 0 bridgehead atoms. The number of rotatable bonds is 2. The largest absolute Gasteiger partial charge is 0.324 e. The van der Waals surface area contributed by atoms with Gasteiger partial charge in [-0.25, -0.2) is 9.78 Å². The molecule has 2 aromatic heterocycles. The van der Waals surface area contributed by atoms with Gasteiger partial charge in [0, 0.05) is 26.1 Å². The molecule has 25 heavy (non-hydrogen) atoms. The Kier molecular flexibility index (Phi) is 3.83. The summed E-state index contributed by atoms with van der Waals surface area (Å²) in [5.41, 5.74) is 2.12. The van der Waals surface area contributed by atoms with Crippen molar-refractivity contribution < 1.29 is 4.79 Å². The van der Waals surface area contributed by atoms with E-state index in [0.717, 1.165) is 36.6 Å². The Morgan fingerprint density at radius 2 is 2.24 bits per heavy atom. The van der Waals surface area contributed by atoms with Gasteiger partial charge in [-0.15, -0.1) is 0 Å². The second-order valence-electron chi connectivity index (χ2n) is 6.36. The summed E-state index contributed by atoms with van der Waals surface area (Å²) in [6.07, 6.45) is 1.92. The number of amides is 2. The van der Waals surface area contributed by atoms with Crippen LogP contribution in [0.15, 0.2) is 18.2 Å². The molecule has 3 heterocycles. The number of H-pyrrole nitrogens is 1. The number of piperidine rings is 1. The van der Waals surface area contributed by atoms with Crippen LogP contribution >= 0.6 is 0 Å². The number of urea groups is 1. The zero-order valence-electron chi connectivity index (χ0n) is 14.2. The van der Waals surface area contributed by atoms with Crippen molar-refractivity contribution in [2.24, 2.45) is 7.05 Å². The SMILES string of the molecule is Cc1nc([C@@H]2CCCN(C(=O)Nc3cccc4nn(C)nc34)C2)n[nH]1. The van der Waals surface area contributed by atoms with Crippen LogP contribution in [0.2, 0.25) is 0 Å². The molecule has 1 saturated heterocycles. The van der Waals surface area contributed by atoms with E-state index in [-0.39, 0.29) is 11.9 Å². The topological polar surface area (TPSA) is 105 Å². The molecule has 0 saturated carbocycles. The summed E-state index contributed by atoms with van der Waals surface area (Å²) in [7, 11) is 1.76. The highest BCUT2D eigenvalue weighted by Crippen LogP contribution is 2.26. The van der Waals surface area contributed by atoms with Gasteiger partial charge in [-0.2, -0.15) is 20.1 Å². The van der Waals surface area contributed by atoms with E-state index in [0.29, 0.717) is 17.7 Å². The summed E-state index contributed by atoms with van der Waals surface area (Å²) in [5.74, 6) is 1.74. The summed E-state index contributed by atoms with van der Waals surface area (Å²) >= 11 is 0. The molecule has 1 aliphatic rings. The first-order valence-electron chi connectivity index (χ1n) is 8.35. The number of hydrogen-bond donors (Lipinski definition) is 2. The van der Waals surface area contributed by atoms with Gasteiger partial charge in [0.2, 0.25) is 0 Å². The van der Waals surface area contributed by atoms with Gasteiger partial charge in [-0.3, -0.25) is 5.10 Å². The highest BCUT2D eigenvalue weighted by Gasteiger charge is 2.27. The summed E-state index contributed by atoms with van der Waals surface area (Å²) in [5, 5.41) is 18.7. The maximum Gasteiger partial charge on any atom is 0.321 e. The molecule has 1 aromatic carbocycles. The molecule has 2 N–H and O–H groups in total. The Labute approximate surface area is 144 Å². The first-order valence-corrected chi connectivity index (χ1v) is 8.35. The Hall–Kier alpha value is -2.97. The fourth-order valence-corrected chi connectivity index (χ4v) is 3.25. The molecule has 0 unspecified atom stereocenters. The molecular weight excluding hydrogens is 320 g/mol. The number of nitrogens with zero attached hydrogens (tertiary/aromatic N) is 6. The fraction of sp³-hybridized carbons (Fsp3) is 0.438. The third-order valence-corrected chi connectivity index (χ3v) is 4.44. The van der Waals surface area contributed by atoms with Gasteiger partial charge in [0.25, 0.3) is 0 Å². The smallest absolute Gasteiger partial charge is 0.321 e. The minimum atomic E-state index is -0.130. The van der Waals surface area contributed by atoms with Gasteiger partial charge >= 0.3 is 6.03 Å². The molecule has 0 aliphatic carbocycles. The molecule has 1 atom stereocenters. The number of aryl methyl sites for hydroxylation is 2. The van der Waals surface area contributed by atoms with Crippen LogP contribution in [0.25, 0.3) is 11.0 Å². The molecule has 130 valence electrons. The lowest BCUT2D eigenvalue weighted by Crippen LogP contribution is -2.41. The lowest BCUT2D eigenvalue weighted by Gasteiger charge is -2.31. The minimum absolute atomic E-state index is 0.130. The van der Waals surface area contributed by atoms with Crippen molar-refractivity contribution in [1.82, 2.24) is 35.1 Å². The van der Waals surface area contributed by atoms with E-state index in [4.69, 9.17) is 0 Å². The second-order valence-corrected chi connectivity index (χ2v) is 6.36. The van der Waals surface area contributed by atoms with Crippen LogP contribution in [-0.4, -0.2) is 54.2 Å². The Morgan fingerprint density at radius 3 is 3.04 bits per heavy atom. The molecule has 3 aromatic rings. The van der Waals surface area contributed by atoms with Crippen LogP contribution in [0.4, 0.5) is 10.5 Å². The van der Waals surface area contributed by atoms with Crippen LogP contribution in [-0.2, 0) is 7.05 Å². The van der Waals surface area contributed by atoms with Crippen LogP contribution in [0.1, 0.15) is 30.4 Å². The van der Waals surface area contributed by atoms with E-state index in [1.807, 2.05) is 30.0 Å². The molecule has 0 radical (unpaired) electrons. The number of hydrogen-bond acceptors (Lipinski definition) is 5. The molecule has 0 spiro atoms. The summed E-state index contributed by atoms with van der Waals surface area (Å²) in [6.45, 7) is 3.22. The number of benzene rings is 1. The van der Waals surface area contributed by atoms with Gasteiger partial charge in [0.1, 0.15) is 16.9 Å². The average Bonchev–Trinajstić information content (AvgIpc) is 3.20. The number of likely N-dealkylation sites (tertiary alicyclic amines) is 1. The molecule has 9 heteroatoms. The van der Waals surface area contributed by atoms with Crippen molar-refractivity contribution in [3.8, 4) is 0 Å². The number of aromatic nitrogens is 6. The zero-order chi connectivity index (χ0) is 17.4. The van der Waals surface area contributed by atoms with Crippen molar-refractivity contribution in [2.75, 3.05) is 18.4 Å². The maximum absolute atomic E-state index is 12.7. The maximum atomic E-state index is 12.7. The normalized spacial score (nSPS) is 17.8. The van der Waals surface area contributed by atoms with Gasteiger partial charge < -0.3 is 10.2 Å². The van der Waals surface area contributed by atoms with Crippen molar-refractivity contribution in [3.63, 3.8) is 0 Å². The summed E-state index contributed by atoms with van der Waals surface area (Å²) in [4.78, 5) is 20.4. The van der Waals surface area contributed by atoms with E-state index in [2.05, 4.69) is 30.7 Å². The predicted octanol–water partition coefficient (Wildman–Crippen LogP) is 1.81. The second kappa shape index (κ2) is 6.15. The van der Waals surface area contributed by atoms with Gasteiger partial charge in [-0.05, 0) is 31.9 Å². The first kappa shape index (κ1) is 15.6. The van der Waals surface area contributed by atoms with Crippen molar-refractivity contribution >= 4 is 22.8 Å². The fourth-order valence-electron chi connectivity index (χ4n) is 3.25. The van der Waals surface area contributed by atoms with E-state index in [1.54, 1.807) is 7.05 Å². The van der Waals surface area contributed by atoms with Gasteiger partial charge in [-0.1, -0.05) is 6.07 Å². The predicted molar refractivity (Wildman–Crippen MR) is 92.2 cm³/mol. The number of fused-ring (bicyclic) bond motifs is 1. The lowest BCUT2D eigenvalue weighted by atomic mass is 9.98. The molecule has 1 aliphatic heterocycles. The van der Waals surface area contributed by atoms with E-state index in [9.17, 15) is 4.79 Å². The van der Waals surface area contributed by atoms with Crippen LogP contribution in [0, 0.1) is 6.92 Å². The number of nitrogens with one attached hydrogen (secondary N) is 2. The Balaban J connectivity index is 1.50. The zero-order valence-corrected chi connectivity index (χ0v) is 14.2. The molecule has 1 fully saturated rings. The molecule has 2 amide bonds. The lowest BCUT2D eigenvalue weighted by molar-refractivity contribution is 0.191. The molecular formula is C16H20N8O. The summed E-state index contributed by atoms with van der Waals surface area (Å²) in [6, 6.07) is 5.45. The number of anilines is 1. The Bertz CT molecular complexity index is 914. The third kappa shape index (κ3) is 3.04. The Morgan fingerprint density at radius 1 is 1.36 bits per heavy atom. The third-order valence-electron chi connectivity index (χ3n) is 4.44. The first-order chi connectivity index (χ1) is 12.1. The molecule has 9 nitrogen and oxygen atoms in total. The number of carbonyl (C=O) groups is 1.